The van der Waals surface area contributed by atoms with Gasteiger partial charge < -0.3 is 14.8 Å². The number of rotatable bonds is 9. The van der Waals surface area contributed by atoms with Crippen LogP contribution in [0.4, 0.5) is 5.69 Å². The fraction of sp³-hybridized carbons (Fsp3) is 0.333. The van der Waals surface area contributed by atoms with E-state index in [-0.39, 0.29) is 23.4 Å². The molecule has 2 N–H and O–H groups in total. The molecule has 0 amide bonds. The van der Waals surface area contributed by atoms with Crippen molar-refractivity contribution < 1.29 is 37.0 Å². The molecule has 1 atom stereocenters. The Hall–Kier alpha value is -4.07. The first-order chi connectivity index (χ1) is 18.7. The molecule has 0 fully saturated rings. The molecule has 2 aromatic carbocycles. The smallest absolute Gasteiger partial charge is 0.336 e. The van der Waals surface area contributed by atoms with Gasteiger partial charge in [0.1, 0.15) is 6.61 Å². The predicted molar refractivity (Wildman–Crippen MR) is 148 cm³/mol. The lowest BCUT2D eigenvalue weighted by Gasteiger charge is -2.30. The average molecular weight is 576 g/mol. The molecule has 0 bridgehead atoms. The van der Waals surface area contributed by atoms with Crippen LogP contribution in [0.2, 0.25) is 0 Å². The van der Waals surface area contributed by atoms with Gasteiger partial charge in [-0.15, -0.1) is 0 Å². The second kappa shape index (κ2) is 14.4. The van der Waals surface area contributed by atoms with Gasteiger partial charge in [-0.2, -0.15) is 8.42 Å². The van der Waals surface area contributed by atoms with Crippen LogP contribution in [0.25, 0.3) is 0 Å². The lowest BCUT2D eigenvalue weighted by Crippen LogP contribution is -2.33. The number of carbonyl (C=O) groups excluding carboxylic acids is 2. The molecule has 40 heavy (non-hydrogen) atoms. The van der Waals surface area contributed by atoms with E-state index < -0.39 is 32.9 Å². The lowest BCUT2D eigenvalue weighted by molar-refractivity contribution is -0.384. The van der Waals surface area contributed by atoms with E-state index in [1.807, 2.05) is 42.3 Å². The van der Waals surface area contributed by atoms with Gasteiger partial charge >= 0.3 is 11.9 Å². The molecule has 0 saturated carbocycles. The Morgan fingerprint density at radius 2 is 1.62 bits per heavy atom. The number of esters is 2. The van der Waals surface area contributed by atoms with Crippen LogP contribution < -0.4 is 5.32 Å². The third-order valence-electron chi connectivity index (χ3n) is 5.80. The topological polar surface area (TPSA) is 165 Å². The monoisotopic (exact) mass is 575 g/mol. The van der Waals surface area contributed by atoms with E-state index in [4.69, 9.17) is 14.0 Å². The maximum absolute atomic E-state index is 13.3. The number of ether oxygens (including phenoxy) is 2. The summed E-state index contributed by atoms with van der Waals surface area (Å²) in [6, 6.07) is 15.8. The summed E-state index contributed by atoms with van der Waals surface area (Å²) in [4.78, 5) is 38.8. The third kappa shape index (κ3) is 9.59. The summed E-state index contributed by atoms with van der Waals surface area (Å²) < 4.78 is 36.4. The van der Waals surface area contributed by atoms with Crippen LogP contribution in [-0.4, -0.2) is 68.3 Å². The molecular formula is C27H33N3O9S. The fourth-order valence-corrected chi connectivity index (χ4v) is 4.14. The molecule has 0 spiro atoms. The standard InChI is InChI=1S/C26H29N3O6.CH4O3S/c1-17-22(25(30)34-4)24(20-11-8-12-21(15-20)29(32)33)23(18(2)27-17)26(31)35-14-13-28(3)16-19-9-6-5-7-10-19;1-5(2,3)4/h5-12,15,24,27H,13-14,16H2,1-4H3;1H3,(H,2,3,4). The first-order valence-corrected chi connectivity index (χ1v) is 13.9. The highest BCUT2D eigenvalue weighted by molar-refractivity contribution is 7.85. The Kier molecular flexibility index (Phi) is 11.5. The number of nitrogens with zero attached hydrogens (tertiary/aromatic N) is 2. The number of benzene rings is 2. The zero-order valence-electron chi connectivity index (χ0n) is 22.9. The van der Waals surface area contributed by atoms with Crippen LogP contribution in [0.15, 0.2) is 77.1 Å². The summed E-state index contributed by atoms with van der Waals surface area (Å²) in [6.45, 7) is 4.74. The molecule has 1 aliphatic heterocycles. The van der Waals surface area contributed by atoms with Gasteiger partial charge in [0.15, 0.2) is 0 Å². The summed E-state index contributed by atoms with van der Waals surface area (Å²) in [7, 11) is -0.486. The molecule has 0 aliphatic carbocycles. The van der Waals surface area contributed by atoms with Crippen molar-refractivity contribution in [3.63, 3.8) is 0 Å². The molecule has 0 aromatic heterocycles. The van der Waals surface area contributed by atoms with Crippen molar-refractivity contribution in [2.24, 2.45) is 0 Å². The lowest BCUT2D eigenvalue weighted by atomic mass is 9.80. The summed E-state index contributed by atoms with van der Waals surface area (Å²) in [5.74, 6) is -2.11. The summed E-state index contributed by atoms with van der Waals surface area (Å²) in [5, 5.41) is 14.4. The van der Waals surface area contributed by atoms with E-state index in [2.05, 4.69) is 5.32 Å². The SMILES string of the molecule is COC(=O)C1=C(C)NC(C)=C(C(=O)OCCN(C)Cc2ccccc2)C1c1cccc([N+](=O)[O-])c1.CS(=O)(=O)O. The van der Waals surface area contributed by atoms with E-state index in [0.29, 0.717) is 36.3 Å². The average Bonchev–Trinajstić information content (AvgIpc) is 2.87. The molecule has 3 rings (SSSR count). The van der Waals surface area contributed by atoms with E-state index in [0.717, 1.165) is 5.56 Å². The van der Waals surface area contributed by atoms with Crippen molar-refractivity contribution in [1.29, 1.82) is 0 Å². The predicted octanol–water partition coefficient (Wildman–Crippen LogP) is 3.18. The minimum Gasteiger partial charge on any atom is -0.466 e. The Morgan fingerprint density at radius 1 is 1.05 bits per heavy atom. The van der Waals surface area contributed by atoms with Crippen molar-refractivity contribution in [3.05, 3.63) is 98.4 Å². The van der Waals surface area contributed by atoms with Crippen molar-refractivity contribution >= 4 is 27.7 Å². The fourth-order valence-electron chi connectivity index (χ4n) is 4.14. The Labute approximate surface area is 233 Å². The molecule has 0 saturated heterocycles. The number of nitrogens with one attached hydrogen (secondary N) is 1. The second-order valence-electron chi connectivity index (χ2n) is 9.07. The number of nitro groups is 1. The van der Waals surface area contributed by atoms with Crippen LogP contribution in [-0.2, 0) is 35.7 Å². The maximum atomic E-state index is 13.3. The van der Waals surface area contributed by atoms with Gasteiger partial charge in [0.2, 0.25) is 0 Å². The minimum atomic E-state index is -3.67. The zero-order chi connectivity index (χ0) is 30.0. The number of nitro benzene ring substituents is 1. The molecule has 12 nitrogen and oxygen atoms in total. The van der Waals surface area contributed by atoms with Gasteiger partial charge in [-0.25, -0.2) is 9.59 Å². The Bertz CT molecular complexity index is 1400. The molecule has 0 radical (unpaired) electrons. The van der Waals surface area contributed by atoms with Crippen LogP contribution in [0, 0.1) is 10.1 Å². The molecular weight excluding hydrogens is 542 g/mol. The number of dihydropyridines is 1. The van der Waals surface area contributed by atoms with Crippen molar-refractivity contribution in [1.82, 2.24) is 10.2 Å². The number of likely N-dealkylation sites (N-methyl/N-ethyl adjacent to an activating group) is 1. The molecule has 1 aliphatic rings. The van der Waals surface area contributed by atoms with Gasteiger partial charge in [-0.05, 0) is 32.0 Å². The highest BCUT2D eigenvalue weighted by Crippen LogP contribution is 2.40. The maximum Gasteiger partial charge on any atom is 0.336 e. The quantitative estimate of drug-likeness (QED) is 0.195. The van der Waals surface area contributed by atoms with E-state index in [9.17, 15) is 28.1 Å². The molecule has 13 heteroatoms. The number of allylic oxidation sites excluding steroid dienone is 2. The van der Waals surface area contributed by atoms with Gasteiger partial charge in [-0.1, -0.05) is 42.5 Å². The summed E-state index contributed by atoms with van der Waals surface area (Å²) in [6.07, 6.45) is 0.715. The first-order valence-electron chi connectivity index (χ1n) is 12.1. The van der Waals surface area contributed by atoms with Gasteiger partial charge in [0, 0.05) is 36.6 Å². The summed E-state index contributed by atoms with van der Waals surface area (Å²) in [5.41, 5.74) is 2.85. The minimum absolute atomic E-state index is 0.136. The van der Waals surface area contributed by atoms with Crippen LogP contribution in [0.5, 0.6) is 0 Å². The Balaban J connectivity index is 0.00000103. The highest BCUT2D eigenvalue weighted by atomic mass is 32.2. The normalized spacial score (nSPS) is 15.1. The van der Waals surface area contributed by atoms with E-state index >= 15 is 0 Å². The molecule has 1 unspecified atom stereocenters. The highest BCUT2D eigenvalue weighted by Gasteiger charge is 2.38. The van der Waals surface area contributed by atoms with Crippen LogP contribution >= 0.6 is 0 Å². The second-order valence-corrected chi connectivity index (χ2v) is 10.5. The summed E-state index contributed by atoms with van der Waals surface area (Å²) >= 11 is 0. The van der Waals surface area contributed by atoms with Gasteiger partial charge in [0.05, 0.1) is 35.4 Å². The van der Waals surface area contributed by atoms with Crippen LogP contribution in [0.1, 0.15) is 30.9 Å². The number of hydrogen-bond acceptors (Lipinski definition) is 10. The number of methoxy groups -OCH3 is 1. The zero-order valence-corrected chi connectivity index (χ0v) is 23.7. The van der Waals surface area contributed by atoms with E-state index in [1.165, 1.54) is 25.3 Å². The van der Waals surface area contributed by atoms with Crippen molar-refractivity contribution in [3.8, 4) is 0 Å². The number of hydrogen-bond donors (Lipinski definition) is 2. The van der Waals surface area contributed by atoms with Crippen molar-refractivity contribution in [2.45, 2.75) is 26.3 Å². The molecule has 2 aromatic rings. The van der Waals surface area contributed by atoms with Crippen molar-refractivity contribution in [2.75, 3.05) is 33.6 Å². The number of carbonyl (C=O) groups is 2. The Morgan fingerprint density at radius 3 is 2.17 bits per heavy atom. The van der Waals surface area contributed by atoms with E-state index in [1.54, 1.807) is 19.9 Å². The van der Waals surface area contributed by atoms with Gasteiger partial charge in [0.25, 0.3) is 15.8 Å². The van der Waals surface area contributed by atoms with Crippen LogP contribution in [0.3, 0.4) is 0 Å². The van der Waals surface area contributed by atoms with Gasteiger partial charge in [-0.3, -0.25) is 19.6 Å². The largest absolute Gasteiger partial charge is 0.466 e. The third-order valence-corrected chi connectivity index (χ3v) is 5.80. The number of non-ortho nitro benzene ring substituents is 1. The molecule has 1 heterocycles. The first kappa shape index (κ1) is 32.1. The molecule has 216 valence electrons.